The first kappa shape index (κ1) is 23.9. The number of benzene rings is 2. The van der Waals surface area contributed by atoms with Crippen molar-refractivity contribution >= 4 is 11.5 Å². The summed E-state index contributed by atoms with van der Waals surface area (Å²) in [5, 5.41) is 2.87. The molecular weight excluding hydrogens is 473 g/mol. The van der Waals surface area contributed by atoms with Crippen LogP contribution in [0.15, 0.2) is 53.3 Å². The van der Waals surface area contributed by atoms with Crippen molar-refractivity contribution in [2.45, 2.75) is 32.5 Å². The van der Waals surface area contributed by atoms with Crippen LogP contribution in [-0.4, -0.2) is 24.1 Å². The molecule has 186 valence electrons. The number of halogens is 3. The first-order valence-corrected chi connectivity index (χ1v) is 11.4. The highest BCUT2D eigenvalue weighted by Crippen LogP contribution is 2.44. The van der Waals surface area contributed by atoms with E-state index < -0.39 is 34.9 Å². The highest BCUT2D eigenvalue weighted by Gasteiger charge is 2.37. The predicted octanol–water partition coefficient (Wildman–Crippen LogP) is 5.44. The number of nitrogens with one attached hydrogen (secondary N) is 2. The summed E-state index contributed by atoms with van der Waals surface area (Å²) < 4.78 is 52.5. The lowest BCUT2D eigenvalue weighted by atomic mass is 9.90. The molecule has 2 N–H and O–H groups in total. The van der Waals surface area contributed by atoms with E-state index in [1.54, 1.807) is 6.07 Å². The molecule has 0 spiro atoms. The molecule has 5 rings (SSSR count). The van der Waals surface area contributed by atoms with Gasteiger partial charge in [-0.2, -0.15) is 13.2 Å². The number of aromatic amines is 1. The van der Waals surface area contributed by atoms with Gasteiger partial charge in [-0.3, -0.25) is 9.59 Å². The number of H-pyrrole nitrogens is 1. The van der Waals surface area contributed by atoms with Crippen molar-refractivity contribution in [2.24, 2.45) is 0 Å². The zero-order valence-corrected chi connectivity index (χ0v) is 19.6. The topological polar surface area (TPSA) is 80.4 Å². The summed E-state index contributed by atoms with van der Waals surface area (Å²) in [5.41, 5.74) is 0.678. The Bertz CT molecular complexity index is 1460. The van der Waals surface area contributed by atoms with Gasteiger partial charge in [-0.05, 0) is 55.2 Å². The van der Waals surface area contributed by atoms with Gasteiger partial charge < -0.3 is 19.8 Å². The maximum atomic E-state index is 13.8. The van der Waals surface area contributed by atoms with E-state index in [9.17, 15) is 22.8 Å². The highest BCUT2D eigenvalue weighted by atomic mass is 19.4. The lowest BCUT2D eigenvalue weighted by Crippen LogP contribution is -2.36. The Balaban J connectivity index is 1.59. The molecule has 1 atom stereocenters. The van der Waals surface area contributed by atoms with Crippen LogP contribution in [-0.2, 0) is 10.9 Å². The quantitative estimate of drug-likeness (QED) is 0.506. The maximum absolute atomic E-state index is 13.8. The van der Waals surface area contributed by atoms with Crippen LogP contribution >= 0.6 is 0 Å². The van der Waals surface area contributed by atoms with Crippen molar-refractivity contribution in [3.63, 3.8) is 0 Å². The van der Waals surface area contributed by atoms with Crippen LogP contribution in [0.5, 0.6) is 11.5 Å². The number of hydrogen-bond acceptors (Lipinski definition) is 4. The monoisotopic (exact) mass is 496 g/mol. The van der Waals surface area contributed by atoms with Gasteiger partial charge in [0.25, 0.3) is 11.5 Å². The van der Waals surface area contributed by atoms with E-state index in [2.05, 4.69) is 5.32 Å². The number of aromatic nitrogens is 1. The van der Waals surface area contributed by atoms with Gasteiger partial charge in [0.1, 0.15) is 22.8 Å². The number of ether oxygens (including phenoxy) is 2. The fourth-order valence-corrected chi connectivity index (χ4v) is 4.66. The number of carbonyl (C=O) groups excluding carboxylic acids is 1. The lowest BCUT2D eigenvalue weighted by Gasteiger charge is -2.30. The van der Waals surface area contributed by atoms with Gasteiger partial charge >= 0.3 is 6.18 Å². The number of rotatable bonds is 3. The minimum Gasteiger partial charge on any atom is -0.457 e. The summed E-state index contributed by atoms with van der Waals surface area (Å²) in [6, 6.07) is 11.4. The smallest absolute Gasteiger partial charge is 0.431 e. The standard InChI is InChI=1S/C27H23F3N2O4/c1-14-6-7-17-21(12-14)36-20-5-3-4-15(2)22(20)23(17)31-25(33)19-13-18(16-8-10-35-11-9-16)24(27(28,29)30)32-26(19)34/h3-8,12-13,23H,9-11H2,1-2H3,(H,31,33)(H,32,34). The molecule has 2 aromatic carbocycles. The molecular formula is C27H23F3N2O4. The van der Waals surface area contributed by atoms with E-state index in [0.717, 1.165) is 22.8 Å². The Morgan fingerprint density at radius 2 is 1.92 bits per heavy atom. The van der Waals surface area contributed by atoms with E-state index in [-0.39, 0.29) is 25.2 Å². The van der Waals surface area contributed by atoms with Gasteiger partial charge in [0.2, 0.25) is 0 Å². The van der Waals surface area contributed by atoms with Crippen LogP contribution in [0.2, 0.25) is 0 Å². The zero-order chi connectivity index (χ0) is 25.6. The van der Waals surface area contributed by atoms with E-state index in [4.69, 9.17) is 9.47 Å². The molecule has 2 aliphatic rings. The van der Waals surface area contributed by atoms with E-state index in [1.807, 2.05) is 49.2 Å². The molecule has 1 amide bonds. The summed E-state index contributed by atoms with van der Waals surface area (Å²) in [7, 11) is 0. The second-order valence-electron chi connectivity index (χ2n) is 8.89. The molecule has 3 heterocycles. The Morgan fingerprint density at radius 3 is 2.64 bits per heavy atom. The minimum atomic E-state index is -4.80. The molecule has 36 heavy (non-hydrogen) atoms. The normalized spacial score (nSPS) is 16.9. The number of carbonyl (C=O) groups is 1. The van der Waals surface area contributed by atoms with Crippen molar-refractivity contribution in [1.82, 2.24) is 10.3 Å². The fourth-order valence-electron chi connectivity index (χ4n) is 4.66. The number of amides is 1. The molecule has 2 aliphatic heterocycles. The van der Waals surface area contributed by atoms with Crippen molar-refractivity contribution in [3.8, 4) is 11.5 Å². The van der Waals surface area contributed by atoms with Gasteiger partial charge in [0.15, 0.2) is 0 Å². The number of alkyl halides is 3. The van der Waals surface area contributed by atoms with Gasteiger partial charge in [0, 0.05) is 16.7 Å². The van der Waals surface area contributed by atoms with E-state index in [1.165, 1.54) is 6.08 Å². The number of hydrogen-bond donors (Lipinski definition) is 2. The Labute approximate surface area is 204 Å². The van der Waals surface area contributed by atoms with Crippen molar-refractivity contribution in [1.29, 1.82) is 0 Å². The van der Waals surface area contributed by atoms with Crippen LogP contribution in [0.25, 0.3) is 5.57 Å². The second kappa shape index (κ2) is 8.98. The number of aryl methyl sites for hydroxylation is 2. The van der Waals surface area contributed by atoms with Gasteiger partial charge in [-0.15, -0.1) is 0 Å². The minimum absolute atomic E-state index is 0.154. The summed E-state index contributed by atoms with van der Waals surface area (Å²) in [6.45, 7) is 4.19. The van der Waals surface area contributed by atoms with Crippen LogP contribution in [0.3, 0.4) is 0 Å². The number of fused-ring (bicyclic) bond motifs is 2. The summed E-state index contributed by atoms with van der Waals surface area (Å²) in [4.78, 5) is 28.1. The zero-order valence-electron chi connectivity index (χ0n) is 19.6. The highest BCUT2D eigenvalue weighted by molar-refractivity contribution is 5.95. The fraction of sp³-hybridized carbons (Fsp3) is 0.259. The Kier molecular flexibility index (Phi) is 5.96. The van der Waals surface area contributed by atoms with Crippen LogP contribution in [0.4, 0.5) is 13.2 Å². The van der Waals surface area contributed by atoms with Crippen LogP contribution < -0.4 is 15.6 Å². The Hall–Kier alpha value is -3.85. The average Bonchev–Trinajstić information content (AvgIpc) is 2.83. The molecule has 0 saturated heterocycles. The van der Waals surface area contributed by atoms with Crippen LogP contribution in [0, 0.1) is 13.8 Å². The maximum Gasteiger partial charge on any atom is 0.431 e. The predicted molar refractivity (Wildman–Crippen MR) is 127 cm³/mol. The molecule has 0 radical (unpaired) electrons. The average molecular weight is 496 g/mol. The van der Waals surface area contributed by atoms with Crippen LogP contribution in [0.1, 0.15) is 56.3 Å². The first-order chi connectivity index (χ1) is 17.1. The van der Waals surface area contributed by atoms with Crippen molar-refractivity contribution < 1.29 is 27.4 Å². The van der Waals surface area contributed by atoms with E-state index in [0.29, 0.717) is 22.6 Å². The number of pyridine rings is 1. The molecule has 0 aliphatic carbocycles. The third-order valence-electron chi connectivity index (χ3n) is 6.43. The largest absolute Gasteiger partial charge is 0.457 e. The molecule has 0 saturated carbocycles. The second-order valence-corrected chi connectivity index (χ2v) is 8.89. The Morgan fingerprint density at radius 1 is 1.11 bits per heavy atom. The SMILES string of the molecule is Cc1ccc2c(c1)Oc1cccc(C)c1C2NC(=O)c1cc(C2=CCOCC2)c(C(F)(F)F)[nH]c1=O. The summed E-state index contributed by atoms with van der Waals surface area (Å²) in [6.07, 6.45) is -3.03. The van der Waals surface area contributed by atoms with Gasteiger partial charge in [0.05, 0.1) is 19.3 Å². The molecule has 1 unspecified atom stereocenters. The third kappa shape index (κ3) is 4.30. The van der Waals surface area contributed by atoms with E-state index >= 15 is 0 Å². The first-order valence-electron chi connectivity index (χ1n) is 11.4. The van der Waals surface area contributed by atoms with Gasteiger partial charge in [-0.25, -0.2) is 0 Å². The summed E-state index contributed by atoms with van der Waals surface area (Å²) in [5.74, 6) is 0.340. The molecule has 0 fully saturated rings. The molecule has 3 aromatic rings. The molecule has 9 heteroatoms. The van der Waals surface area contributed by atoms with Crippen molar-refractivity contribution in [3.05, 3.63) is 98.0 Å². The van der Waals surface area contributed by atoms with Crippen molar-refractivity contribution in [2.75, 3.05) is 13.2 Å². The summed E-state index contributed by atoms with van der Waals surface area (Å²) >= 11 is 0. The molecule has 6 nitrogen and oxygen atoms in total. The third-order valence-corrected chi connectivity index (χ3v) is 6.43. The molecule has 0 bridgehead atoms. The molecule has 1 aromatic heterocycles. The lowest BCUT2D eigenvalue weighted by molar-refractivity contribution is -0.141. The van der Waals surface area contributed by atoms with Gasteiger partial charge in [-0.1, -0.05) is 30.3 Å².